The molecule has 136 valence electrons. The number of carbonyl (C=O) groups is 2. The Morgan fingerprint density at radius 3 is 2.52 bits per heavy atom. The summed E-state index contributed by atoms with van der Waals surface area (Å²) in [5.41, 5.74) is 1.04. The molecule has 0 radical (unpaired) electrons. The minimum absolute atomic E-state index is 0.0379. The Labute approximate surface area is 150 Å². The molecular formula is C20H29N3O2. The number of piperidine rings is 2. The molecule has 3 rings (SSSR count). The van der Waals surface area contributed by atoms with Gasteiger partial charge in [0.1, 0.15) is 0 Å². The second-order valence-corrected chi connectivity index (χ2v) is 7.25. The average molecular weight is 343 g/mol. The molecule has 0 aliphatic carbocycles. The molecule has 2 aliphatic heterocycles. The van der Waals surface area contributed by atoms with Crippen molar-refractivity contribution in [3.05, 3.63) is 35.9 Å². The van der Waals surface area contributed by atoms with Crippen LogP contribution in [-0.2, 0) is 16.0 Å². The second kappa shape index (κ2) is 8.48. The van der Waals surface area contributed by atoms with Crippen LogP contribution in [-0.4, -0.2) is 60.9 Å². The third-order valence-corrected chi connectivity index (χ3v) is 5.46. The summed E-state index contributed by atoms with van der Waals surface area (Å²) in [5, 5.41) is 3.29. The molecule has 1 N–H and O–H groups in total. The van der Waals surface area contributed by atoms with Crippen LogP contribution in [0.1, 0.15) is 31.2 Å². The predicted octanol–water partition coefficient (Wildman–Crippen LogP) is 1.68. The smallest absolute Gasteiger partial charge is 0.227 e. The topological polar surface area (TPSA) is 52.7 Å². The van der Waals surface area contributed by atoms with E-state index in [1.807, 2.05) is 47.2 Å². The molecule has 25 heavy (non-hydrogen) atoms. The second-order valence-electron chi connectivity index (χ2n) is 7.25. The normalized spacial score (nSPS) is 24.2. The largest absolute Gasteiger partial charge is 0.342 e. The summed E-state index contributed by atoms with van der Waals surface area (Å²) in [6.07, 6.45) is 4.43. The number of likely N-dealkylation sites (N-methyl/N-ethyl adjacent to an activating group) is 1. The number of rotatable bonds is 4. The molecule has 2 aliphatic rings. The van der Waals surface area contributed by atoms with E-state index in [0.29, 0.717) is 19.0 Å². The van der Waals surface area contributed by atoms with Crippen LogP contribution < -0.4 is 5.32 Å². The molecule has 0 spiro atoms. The molecule has 0 bridgehead atoms. The van der Waals surface area contributed by atoms with Gasteiger partial charge in [-0.1, -0.05) is 30.3 Å². The van der Waals surface area contributed by atoms with E-state index in [4.69, 9.17) is 0 Å². The van der Waals surface area contributed by atoms with Gasteiger partial charge in [0.2, 0.25) is 11.8 Å². The van der Waals surface area contributed by atoms with E-state index >= 15 is 0 Å². The van der Waals surface area contributed by atoms with Crippen molar-refractivity contribution in [2.24, 2.45) is 5.92 Å². The van der Waals surface area contributed by atoms with Crippen molar-refractivity contribution in [1.29, 1.82) is 0 Å². The van der Waals surface area contributed by atoms with E-state index in [-0.39, 0.29) is 17.7 Å². The highest BCUT2D eigenvalue weighted by atomic mass is 16.2. The molecule has 5 heteroatoms. The number of nitrogens with one attached hydrogen (secondary N) is 1. The monoisotopic (exact) mass is 343 g/mol. The van der Waals surface area contributed by atoms with Gasteiger partial charge in [-0.15, -0.1) is 0 Å². The van der Waals surface area contributed by atoms with Crippen LogP contribution in [0.25, 0.3) is 0 Å². The number of hydrogen-bond acceptors (Lipinski definition) is 3. The zero-order valence-electron chi connectivity index (χ0n) is 15.1. The van der Waals surface area contributed by atoms with Crippen LogP contribution in [0.5, 0.6) is 0 Å². The molecule has 2 amide bonds. The SMILES string of the molecule is CNC1CCCN(C(=O)C2CCCN(C(=O)Cc3ccccc3)C2)C1. The minimum atomic E-state index is -0.0379. The summed E-state index contributed by atoms with van der Waals surface area (Å²) < 4.78 is 0. The van der Waals surface area contributed by atoms with Crippen LogP contribution in [0.15, 0.2) is 30.3 Å². The fourth-order valence-corrected chi connectivity index (χ4v) is 3.96. The molecule has 2 atom stereocenters. The highest BCUT2D eigenvalue weighted by Crippen LogP contribution is 2.22. The van der Waals surface area contributed by atoms with E-state index < -0.39 is 0 Å². The first-order valence-electron chi connectivity index (χ1n) is 9.45. The highest BCUT2D eigenvalue weighted by Gasteiger charge is 2.32. The van der Waals surface area contributed by atoms with Crippen LogP contribution in [0.3, 0.4) is 0 Å². The van der Waals surface area contributed by atoms with Gasteiger partial charge in [-0.25, -0.2) is 0 Å². The van der Waals surface area contributed by atoms with Crippen molar-refractivity contribution in [3.8, 4) is 0 Å². The fourth-order valence-electron chi connectivity index (χ4n) is 3.96. The summed E-state index contributed by atoms with van der Waals surface area (Å²) in [6, 6.07) is 10.2. The number of benzene rings is 1. The van der Waals surface area contributed by atoms with Crippen molar-refractivity contribution < 1.29 is 9.59 Å². The standard InChI is InChI=1S/C20H29N3O2/c1-21-18-10-6-12-23(15-18)20(25)17-9-5-11-22(14-17)19(24)13-16-7-3-2-4-8-16/h2-4,7-8,17-18,21H,5-6,9-15H2,1H3. The van der Waals surface area contributed by atoms with Gasteiger partial charge >= 0.3 is 0 Å². The number of amides is 2. The number of nitrogens with zero attached hydrogens (tertiary/aromatic N) is 2. The lowest BCUT2D eigenvalue weighted by atomic mass is 9.94. The quantitative estimate of drug-likeness (QED) is 0.905. The molecule has 0 aromatic heterocycles. The summed E-state index contributed by atoms with van der Waals surface area (Å²) >= 11 is 0. The van der Waals surface area contributed by atoms with Crippen LogP contribution >= 0.6 is 0 Å². The van der Waals surface area contributed by atoms with Gasteiger partial charge in [-0.3, -0.25) is 9.59 Å². The first-order chi connectivity index (χ1) is 12.2. The maximum Gasteiger partial charge on any atom is 0.227 e. The molecule has 5 nitrogen and oxygen atoms in total. The first-order valence-corrected chi connectivity index (χ1v) is 9.45. The third-order valence-electron chi connectivity index (χ3n) is 5.46. The van der Waals surface area contributed by atoms with Crippen molar-refractivity contribution in [2.45, 2.75) is 38.1 Å². The summed E-state index contributed by atoms with van der Waals surface area (Å²) in [4.78, 5) is 29.4. The number of hydrogen-bond donors (Lipinski definition) is 1. The molecule has 2 saturated heterocycles. The van der Waals surface area contributed by atoms with Crippen LogP contribution in [0.4, 0.5) is 0 Å². The lowest BCUT2D eigenvalue weighted by Gasteiger charge is -2.38. The molecule has 2 heterocycles. The van der Waals surface area contributed by atoms with Gasteiger partial charge in [0.25, 0.3) is 0 Å². The molecule has 2 unspecified atom stereocenters. The Balaban J connectivity index is 1.57. The van der Waals surface area contributed by atoms with Gasteiger partial charge in [0.05, 0.1) is 12.3 Å². The van der Waals surface area contributed by atoms with Gasteiger partial charge in [0, 0.05) is 32.2 Å². The Morgan fingerprint density at radius 2 is 1.76 bits per heavy atom. The summed E-state index contributed by atoms with van der Waals surface area (Å²) in [6.45, 7) is 3.00. The van der Waals surface area contributed by atoms with E-state index in [2.05, 4.69) is 5.32 Å². The zero-order valence-corrected chi connectivity index (χ0v) is 15.1. The number of likely N-dealkylation sites (tertiary alicyclic amines) is 2. The molecule has 0 saturated carbocycles. The van der Waals surface area contributed by atoms with Crippen molar-refractivity contribution in [1.82, 2.24) is 15.1 Å². The average Bonchev–Trinajstić information content (AvgIpc) is 2.68. The third kappa shape index (κ3) is 4.60. The van der Waals surface area contributed by atoms with Crippen molar-refractivity contribution >= 4 is 11.8 Å². The van der Waals surface area contributed by atoms with Gasteiger partial charge in [-0.05, 0) is 38.3 Å². The predicted molar refractivity (Wildman–Crippen MR) is 98.1 cm³/mol. The van der Waals surface area contributed by atoms with Crippen molar-refractivity contribution in [3.63, 3.8) is 0 Å². The first kappa shape index (κ1) is 17.9. The van der Waals surface area contributed by atoms with E-state index in [0.717, 1.165) is 50.9 Å². The van der Waals surface area contributed by atoms with Gasteiger partial charge in [0.15, 0.2) is 0 Å². The number of carbonyl (C=O) groups excluding carboxylic acids is 2. The van der Waals surface area contributed by atoms with Gasteiger partial charge in [-0.2, -0.15) is 0 Å². The lowest BCUT2D eigenvalue weighted by molar-refractivity contribution is -0.141. The van der Waals surface area contributed by atoms with Crippen LogP contribution in [0.2, 0.25) is 0 Å². The Bertz CT molecular complexity index is 590. The lowest BCUT2D eigenvalue weighted by Crippen LogP contribution is -2.52. The maximum atomic E-state index is 12.9. The Hall–Kier alpha value is -1.88. The van der Waals surface area contributed by atoms with Gasteiger partial charge < -0.3 is 15.1 Å². The Morgan fingerprint density at radius 1 is 1.04 bits per heavy atom. The molecule has 1 aromatic rings. The summed E-state index contributed by atoms with van der Waals surface area (Å²) in [7, 11) is 1.96. The van der Waals surface area contributed by atoms with E-state index in [1.165, 1.54) is 0 Å². The fraction of sp³-hybridized carbons (Fsp3) is 0.600. The van der Waals surface area contributed by atoms with Crippen molar-refractivity contribution in [2.75, 3.05) is 33.2 Å². The maximum absolute atomic E-state index is 12.9. The van der Waals surface area contributed by atoms with E-state index in [9.17, 15) is 9.59 Å². The molecule has 1 aromatic carbocycles. The van der Waals surface area contributed by atoms with E-state index in [1.54, 1.807) is 0 Å². The summed E-state index contributed by atoms with van der Waals surface area (Å²) in [5.74, 6) is 0.330. The molecular weight excluding hydrogens is 314 g/mol. The molecule has 2 fully saturated rings. The highest BCUT2D eigenvalue weighted by molar-refractivity contribution is 5.82. The minimum Gasteiger partial charge on any atom is -0.342 e. The zero-order chi connectivity index (χ0) is 17.6. The Kier molecular flexibility index (Phi) is 6.08. The van der Waals surface area contributed by atoms with Crippen LogP contribution in [0, 0.1) is 5.92 Å².